The van der Waals surface area contributed by atoms with Crippen molar-refractivity contribution in [1.29, 1.82) is 0 Å². The Morgan fingerprint density at radius 1 is 1.25 bits per heavy atom. The third-order valence-electron chi connectivity index (χ3n) is 4.23. The fourth-order valence-corrected chi connectivity index (χ4v) is 2.99. The number of piperazine rings is 1. The van der Waals surface area contributed by atoms with Crippen molar-refractivity contribution in [2.24, 2.45) is 0 Å². The van der Waals surface area contributed by atoms with Gasteiger partial charge in [0.15, 0.2) is 5.76 Å². The SMILES string of the molecule is Cc1oc(C(=O)N2CCNCC2)cc1CN1CCCC1. The van der Waals surface area contributed by atoms with E-state index in [-0.39, 0.29) is 5.91 Å². The van der Waals surface area contributed by atoms with Crippen LogP contribution in [0.25, 0.3) is 0 Å². The smallest absolute Gasteiger partial charge is 0.289 e. The van der Waals surface area contributed by atoms with Gasteiger partial charge in [0, 0.05) is 38.3 Å². The van der Waals surface area contributed by atoms with Gasteiger partial charge in [-0.15, -0.1) is 0 Å². The lowest BCUT2D eigenvalue weighted by Crippen LogP contribution is -2.46. The summed E-state index contributed by atoms with van der Waals surface area (Å²) in [7, 11) is 0. The Labute approximate surface area is 119 Å². The minimum atomic E-state index is 0.0299. The highest BCUT2D eigenvalue weighted by atomic mass is 16.4. The summed E-state index contributed by atoms with van der Waals surface area (Å²) in [6.45, 7) is 8.44. The van der Waals surface area contributed by atoms with Gasteiger partial charge in [0.1, 0.15) is 5.76 Å². The first-order valence-electron chi connectivity index (χ1n) is 7.56. The second kappa shape index (κ2) is 5.97. The van der Waals surface area contributed by atoms with Crippen molar-refractivity contribution in [3.63, 3.8) is 0 Å². The average Bonchev–Trinajstić information content (AvgIpc) is 3.10. The molecule has 0 bridgehead atoms. The third kappa shape index (κ3) is 2.88. The number of carbonyl (C=O) groups excluding carboxylic acids is 1. The van der Waals surface area contributed by atoms with Gasteiger partial charge in [-0.2, -0.15) is 0 Å². The lowest BCUT2D eigenvalue weighted by molar-refractivity contribution is 0.0702. The second-order valence-corrected chi connectivity index (χ2v) is 5.72. The zero-order valence-corrected chi connectivity index (χ0v) is 12.2. The van der Waals surface area contributed by atoms with Crippen molar-refractivity contribution >= 4 is 5.91 Å². The molecule has 2 fully saturated rings. The van der Waals surface area contributed by atoms with Gasteiger partial charge in [0.2, 0.25) is 0 Å². The predicted molar refractivity (Wildman–Crippen MR) is 76.7 cm³/mol. The molecule has 0 atom stereocenters. The van der Waals surface area contributed by atoms with Crippen LogP contribution < -0.4 is 5.32 Å². The summed E-state index contributed by atoms with van der Waals surface area (Å²) in [6, 6.07) is 1.94. The Bertz CT molecular complexity index is 471. The molecule has 0 saturated carbocycles. The van der Waals surface area contributed by atoms with Crippen LogP contribution >= 0.6 is 0 Å². The van der Waals surface area contributed by atoms with Crippen LogP contribution in [0.2, 0.25) is 0 Å². The Kier molecular flexibility index (Phi) is 4.08. The first-order chi connectivity index (χ1) is 9.74. The van der Waals surface area contributed by atoms with Crippen molar-refractivity contribution in [1.82, 2.24) is 15.1 Å². The lowest BCUT2D eigenvalue weighted by atomic mass is 10.2. The van der Waals surface area contributed by atoms with Gasteiger partial charge >= 0.3 is 0 Å². The van der Waals surface area contributed by atoms with Gasteiger partial charge in [-0.25, -0.2) is 0 Å². The summed E-state index contributed by atoms with van der Waals surface area (Å²) in [6.07, 6.45) is 2.56. The van der Waals surface area contributed by atoms with E-state index in [9.17, 15) is 4.79 Å². The monoisotopic (exact) mass is 277 g/mol. The molecule has 0 spiro atoms. The second-order valence-electron chi connectivity index (χ2n) is 5.72. The van der Waals surface area contributed by atoms with E-state index in [2.05, 4.69) is 10.2 Å². The largest absolute Gasteiger partial charge is 0.456 e. The molecule has 3 heterocycles. The van der Waals surface area contributed by atoms with E-state index in [0.717, 1.165) is 57.1 Å². The van der Waals surface area contributed by atoms with E-state index in [1.54, 1.807) is 0 Å². The summed E-state index contributed by atoms with van der Waals surface area (Å²) in [5.41, 5.74) is 1.16. The van der Waals surface area contributed by atoms with Crippen LogP contribution in [0.3, 0.4) is 0 Å². The van der Waals surface area contributed by atoms with E-state index in [0.29, 0.717) is 5.76 Å². The first-order valence-corrected chi connectivity index (χ1v) is 7.56. The topological polar surface area (TPSA) is 48.7 Å². The molecular weight excluding hydrogens is 254 g/mol. The van der Waals surface area contributed by atoms with Crippen LogP contribution in [-0.2, 0) is 6.54 Å². The molecule has 2 aliphatic heterocycles. The molecule has 1 aromatic rings. The van der Waals surface area contributed by atoms with Crippen LogP contribution in [0.15, 0.2) is 10.5 Å². The molecular formula is C15H23N3O2. The Morgan fingerprint density at radius 2 is 1.95 bits per heavy atom. The maximum atomic E-state index is 12.4. The molecule has 5 heteroatoms. The van der Waals surface area contributed by atoms with Crippen LogP contribution in [0.4, 0.5) is 0 Å². The summed E-state index contributed by atoms with van der Waals surface area (Å²) < 4.78 is 5.70. The number of nitrogens with one attached hydrogen (secondary N) is 1. The lowest BCUT2D eigenvalue weighted by Gasteiger charge is -2.26. The van der Waals surface area contributed by atoms with Gasteiger partial charge in [-0.05, 0) is 38.9 Å². The van der Waals surface area contributed by atoms with Crippen LogP contribution in [0.5, 0.6) is 0 Å². The number of aryl methyl sites for hydroxylation is 1. The fraction of sp³-hybridized carbons (Fsp3) is 0.667. The zero-order chi connectivity index (χ0) is 13.9. The Morgan fingerprint density at radius 3 is 2.65 bits per heavy atom. The molecule has 0 aromatic carbocycles. The number of likely N-dealkylation sites (tertiary alicyclic amines) is 1. The molecule has 1 N–H and O–H groups in total. The molecule has 0 radical (unpaired) electrons. The molecule has 0 unspecified atom stereocenters. The summed E-state index contributed by atoms with van der Waals surface area (Å²) >= 11 is 0. The average molecular weight is 277 g/mol. The third-order valence-corrected chi connectivity index (χ3v) is 4.23. The van der Waals surface area contributed by atoms with Gasteiger partial charge in [-0.1, -0.05) is 0 Å². The van der Waals surface area contributed by atoms with Crippen LogP contribution in [0, 0.1) is 6.92 Å². The molecule has 5 nitrogen and oxygen atoms in total. The summed E-state index contributed by atoms with van der Waals surface area (Å²) in [4.78, 5) is 16.7. The minimum Gasteiger partial charge on any atom is -0.456 e. The van der Waals surface area contributed by atoms with Crippen LogP contribution in [-0.4, -0.2) is 55.0 Å². The molecule has 20 heavy (non-hydrogen) atoms. The maximum Gasteiger partial charge on any atom is 0.289 e. The standard InChI is InChI=1S/C15H23N3O2/c1-12-13(11-17-6-2-3-7-17)10-14(20-12)15(19)18-8-4-16-5-9-18/h10,16H,2-9,11H2,1H3. The van der Waals surface area contributed by atoms with Gasteiger partial charge in [0.05, 0.1) is 0 Å². The number of hydrogen-bond donors (Lipinski definition) is 1. The van der Waals surface area contributed by atoms with E-state index in [1.165, 1.54) is 12.8 Å². The highest BCUT2D eigenvalue weighted by molar-refractivity contribution is 5.91. The van der Waals surface area contributed by atoms with Gasteiger partial charge in [-0.3, -0.25) is 9.69 Å². The van der Waals surface area contributed by atoms with E-state index in [1.807, 2.05) is 17.9 Å². The molecule has 3 rings (SSSR count). The number of furan rings is 1. The van der Waals surface area contributed by atoms with Crippen molar-refractivity contribution in [2.75, 3.05) is 39.3 Å². The molecule has 1 aromatic heterocycles. The van der Waals surface area contributed by atoms with E-state index in [4.69, 9.17) is 4.42 Å². The number of hydrogen-bond acceptors (Lipinski definition) is 4. The normalized spacial score (nSPS) is 20.6. The highest BCUT2D eigenvalue weighted by Gasteiger charge is 2.23. The molecule has 2 saturated heterocycles. The quantitative estimate of drug-likeness (QED) is 0.903. The van der Waals surface area contributed by atoms with Gasteiger partial charge in [0.25, 0.3) is 5.91 Å². The first kappa shape index (κ1) is 13.6. The number of carbonyl (C=O) groups is 1. The molecule has 110 valence electrons. The fourth-order valence-electron chi connectivity index (χ4n) is 2.99. The summed E-state index contributed by atoms with van der Waals surface area (Å²) in [5.74, 6) is 1.41. The van der Waals surface area contributed by atoms with Crippen molar-refractivity contribution in [3.8, 4) is 0 Å². The predicted octanol–water partition coefficient (Wildman–Crippen LogP) is 1.23. The molecule has 2 aliphatic rings. The van der Waals surface area contributed by atoms with Crippen molar-refractivity contribution < 1.29 is 9.21 Å². The molecule has 1 amide bonds. The highest BCUT2D eigenvalue weighted by Crippen LogP contribution is 2.20. The number of amides is 1. The van der Waals surface area contributed by atoms with Crippen LogP contribution in [0.1, 0.15) is 34.7 Å². The molecule has 0 aliphatic carbocycles. The number of rotatable bonds is 3. The maximum absolute atomic E-state index is 12.4. The van der Waals surface area contributed by atoms with E-state index >= 15 is 0 Å². The summed E-state index contributed by atoms with van der Waals surface area (Å²) in [5, 5.41) is 3.25. The minimum absolute atomic E-state index is 0.0299. The Hall–Kier alpha value is -1.33. The van der Waals surface area contributed by atoms with E-state index < -0.39 is 0 Å². The zero-order valence-electron chi connectivity index (χ0n) is 12.2. The Balaban J connectivity index is 1.68. The number of nitrogens with zero attached hydrogens (tertiary/aromatic N) is 2. The van der Waals surface area contributed by atoms with Gasteiger partial charge < -0.3 is 14.6 Å². The van der Waals surface area contributed by atoms with Crippen molar-refractivity contribution in [2.45, 2.75) is 26.3 Å². The van der Waals surface area contributed by atoms with Crippen molar-refractivity contribution in [3.05, 3.63) is 23.2 Å².